The topological polar surface area (TPSA) is 53.1 Å². The largest absolute Gasteiger partial charge is 0.453 e. The van der Waals surface area contributed by atoms with Crippen LogP contribution in [0.15, 0.2) is 10.5 Å². The van der Waals surface area contributed by atoms with Crippen LogP contribution in [0.3, 0.4) is 0 Å². The number of alkyl halides is 3. The van der Waals surface area contributed by atoms with Crippen LogP contribution in [-0.2, 0) is 13.2 Å². The minimum atomic E-state index is -4.76. The normalized spacial score (nSPS) is 12.2. The van der Waals surface area contributed by atoms with Crippen LogP contribution in [0.4, 0.5) is 17.6 Å². The van der Waals surface area contributed by atoms with Crippen molar-refractivity contribution < 1.29 is 26.7 Å². The van der Waals surface area contributed by atoms with E-state index in [0.29, 0.717) is 4.68 Å². The second-order valence-electron chi connectivity index (χ2n) is 4.71. The molecule has 0 saturated heterocycles. The first kappa shape index (κ1) is 16.8. The molecule has 0 bridgehead atoms. The van der Waals surface area contributed by atoms with Crippen LogP contribution < -0.4 is 4.74 Å². The molecular weight excluding hydrogens is 377 g/mol. The van der Waals surface area contributed by atoms with Gasteiger partial charge in [0, 0.05) is 7.05 Å². The molecule has 24 heavy (non-hydrogen) atoms. The first-order chi connectivity index (χ1) is 11.1. The Morgan fingerprint density at radius 1 is 1.29 bits per heavy atom. The van der Waals surface area contributed by atoms with E-state index in [-0.39, 0.29) is 27.8 Å². The zero-order chi connectivity index (χ0) is 17.8. The van der Waals surface area contributed by atoms with Crippen molar-refractivity contribution in [1.82, 2.24) is 14.8 Å². The molecule has 128 valence electrons. The molecule has 11 heteroatoms. The smallest absolute Gasteiger partial charge is 0.434 e. The van der Waals surface area contributed by atoms with Gasteiger partial charge in [0.1, 0.15) is 17.0 Å². The summed E-state index contributed by atoms with van der Waals surface area (Å²) in [6, 6.07) is 0.877. The Balaban J connectivity index is 2.37. The summed E-state index contributed by atoms with van der Waals surface area (Å²) in [6.07, 6.45) is -5.00. The summed E-state index contributed by atoms with van der Waals surface area (Å²) in [5, 5.41) is 2.81. The van der Waals surface area contributed by atoms with Crippen LogP contribution >= 0.6 is 23.2 Å². The molecule has 2 heterocycles. The second kappa shape index (κ2) is 5.52. The third kappa shape index (κ3) is 2.48. The third-order valence-electron chi connectivity index (χ3n) is 3.22. The molecule has 3 rings (SSSR count). The Labute approximate surface area is 141 Å². The van der Waals surface area contributed by atoms with Gasteiger partial charge in [-0.3, -0.25) is 4.68 Å². The first-order valence-corrected chi connectivity index (χ1v) is 7.03. The molecule has 0 radical (unpaired) electrons. The molecule has 0 fully saturated rings. The summed E-state index contributed by atoms with van der Waals surface area (Å²) in [5.74, 6) is -0.947. The number of rotatable bonds is 2. The van der Waals surface area contributed by atoms with Gasteiger partial charge < -0.3 is 9.15 Å². The number of hydrogen-bond acceptors (Lipinski definition) is 4. The van der Waals surface area contributed by atoms with Crippen molar-refractivity contribution in [2.24, 2.45) is 7.05 Å². The lowest BCUT2D eigenvalue weighted by molar-refractivity contribution is -0.143. The zero-order valence-electron chi connectivity index (χ0n) is 12.0. The van der Waals surface area contributed by atoms with Crippen LogP contribution in [-0.4, -0.2) is 21.9 Å². The molecule has 1 aromatic carbocycles. The maximum Gasteiger partial charge on any atom is 0.434 e. The van der Waals surface area contributed by atoms with Crippen LogP contribution in [0.2, 0.25) is 10.0 Å². The van der Waals surface area contributed by atoms with E-state index in [1.54, 1.807) is 0 Å². The summed E-state index contributed by atoms with van der Waals surface area (Å²) >= 11 is 11.7. The van der Waals surface area contributed by atoms with Gasteiger partial charge in [0.2, 0.25) is 0 Å². The number of aryl methyl sites for hydroxylation is 1. The summed E-state index contributed by atoms with van der Waals surface area (Å²) in [4.78, 5) is 3.87. The molecule has 0 saturated carbocycles. The fraction of sp³-hybridized carbons (Fsp3) is 0.231. The SMILES string of the molecule is COc1nc2c(-c3nn(C)c(C(F)(F)F)c3Cl)c(F)cc(Cl)c2o1. The number of methoxy groups -OCH3 is 1. The maximum absolute atomic E-state index is 14.4. The van der Waals surface area contributed by atoms with E-state index in [4.69, 9.17) is 32.4 Å². The zero-order valence-corrected chi connectivity index (χ0v) is 13.5. The van der Waals surface area contributed by atoms with Gasteiger partial charge in [-0.2, -0.15) is 23.3 Å². The number of oxazole rings is 1. The van der Waals surface area contributed by atoms with Gasteiger partial charge in [-0.15, -0.1) is 0 Å². The Bertz CT molecular complexity index is 949. The average molecular weight is 384 g/mol. The number of fused-ring (bicyclic) bond motifs is 1. The molecule has 0 unspecified atom stereocenters. The van der Waals surface area contributed by atoms with Gasteiger partial charge >= 0.3 is 12.3 Å². The van der Waals surface area contributed by atoms with E-state index < -0.39 is 28.4 Å². The van der Waals surface area contributed by atoms with Gasteiger partial charge in [-0.1, -0.05) is 23.2 Å². The van der Waals surface area contributed by atoms with Crippen molar-refractivity contribution in [3.05, 3.63) is 27.6 Å². The van der Waals surface area contributed by atoms with Crippen molar-refractivity contribution >= 4 is 34.3 Å². The molecule has 0 aliphatic carbocycles. The highest BCUT2D eigenvalue weighted by atomic mass is 35.5. The lowest BCUT2D eigenvalue weighted by atomic mass is 10.1. The molecule has 0 amide bonds. The number of benzene rings is 1. The molecule has 3 aromatic rings. The van der Waals surface area contributed by atoms with Gasteiger partial charge in [0.15, 0.2) is 11.3 Å². The average Bonchev–Trinajstić information content (AvgIpc) is 3.00. The van der Waals surface area contributed by atoms with Gasteiger partial charge in [0.25, 0.3) is 0 Å². The predicted octanol–water partition coefficient (Wildman–Crippen LogP) is 4.70. The lowest BCUT2D eigenvalue weighted by Gasteiger charge is -2.06. The lowest BCUT2D eigenvalue weighted by Crippen LogP contribution is -2.12. The van der Waals surface area contributed by atoms with Gasteiger partial charge in [0.05, 0.1) is 22.7 Å². The van der Waals surface area contributed by atoms with E-state index in [1.165, 1.54) is 7.11 Å². The number of aromatic nitrogens is 3. The van der Waals surface area contributed by atoms with Crippen LogP contribution in [0, 0.1) is 5.82 Å². The molecule has 0 aliphatic heterocycles. The first-order valence-electron chi connectivity index (χ1n) is 6.27. The standard InChI is InChI=1S/C13H7Cl2F4N3O2/c1-22-11(13(17,18)19)7(15)8(21-22)6-5(16)3-4(14)10-9(6)20-12(23-2)24-10/h3H,1-2H3. The number of nitrogens with zero attached hydrogens (tertiary/aromatic N) is 3. The van der Waals surface area contributed by atoms with E-state index in [2.05, 4.69) is 10.1 Å². The van der Waals surface area contributed by atoms with Crippen molar-refractivity contribution in [3.63, 3.8) is 0 Å². The Hall–Kier alpha value is -2.00. The van der Waals surface area contributed by atoms with E-state index >= 15 is 0 Å². The van der Waals surface area contributed by atoms with Crippen LogP contribution in [0.5, 0.6) is 6.08 Å². The Morgan fingerprint density at radius 2 is 1.96 bits per heavy atom. The van der Waals surface area contributed by atoms with Crippen LogP contribution in [0.25, 0.3) is 22.4 Å². The highest BCUT2D eigenvalue weighted by molar-refractivity contribution is 6.36. The third-order valence-corrected chi connectivity index (χ3v) is 3.86. The highest BCUT2D eigenvalue weighted by Gasteiger charge is 2.40. The maximum atomic E-state index is 14.4. The second-order valence-corrected chi connectivity index (χ2v) is 5.49. The summed E-state index contributed by atoms with van der Waals surface area (Å²) in [6.45, 7) is 0. The summed E-state index contributed by atoms with van der Waals surface area (Å²) < 4.78 is 64.1. The van der Waals surface area contributed by atoms with E-state index in [1.807, 2.05) is 0 Å². The number of hydrogen-bond donors (Lipinski definition) is 0. The fourth-order valence-corrected chi connectivity index (χ4v) is 2.86. The number of ether oxygens (including phenoxy) is 1. The van der Waals surface area contributed by atoms with Gasteiger partial charge in [-0.25, -0.2) is 4.39 Å². The van der Waals surface area contributed by atoms with E-state index in [0.717, 1.165) is 13.1 Å². The fourth-order valence-electron chi connectivity index (χ4n) is 2.27. The van der Waals surface area contributed by atoms with Crippen molar-refractivity contribution in [1.29, 1.82) is 0 Å². The Kier molecular flexibility index (Phi) is 3.88. The summed E-state index contributed by atoms with van der Waals surface area (Å²) in [5.41, 5.74) is -2.21. The molecule has 0 aliphatic rings. The minimum Gasteiger partial charge on any atom is -0.453 e. The minimum absolute atomic E-state index is 0.0554. The van der Waals surface area contributed by atoms with Crippen LogP contribution in [0.1, 0.15) is 5.69 Å². The molecule has 5 nitrogen and oxygen atoms in total. The molecule has 0 atom stereocenters. The highest BCUT2D eigenvalue weighted by Crippen LogP contribution is 2.43. The van der Waals surface area contributed by atoms with Crippen molar-refractivity contribution in [2.75, 3.05) is 7.11 Å². The Morgan fingerprint density at radius 3 is 2.50 bits per heavy atom. The summed E-state index contributed by atoms with van der Waals surface area (Å²) in [7, 11) is 2.30. The number of halogens is 6. The van der Waals surface area contributed by atoms with Crippen molar-refractivity contribution in [2.45, 2.75) is 6.18 Å². The molecular formula is C13H7Cl2F4N3O2. The van der Waals surface area contributed by atoms with E-state index in [9.17, 15) is 17.6 Å². The predicted molar refractivity (Wildman–Crippen MR) is 77.7 cm³/mol. The monoisotopic (exact) mass is 383 g/mol. The molecule has 2 aromatic heterocycles. The quantitative estimate of drug-likeness (QED) is 0.601. The van der Waals surface area contributed by atoms with Crippen molar-refractivity contribution in [3.8, 4) is 17.3 Å². The molecule has 0 N–H and O–H groups in total. The molecule has 0 spiro atoms. The van der Waals surface area contributed by atoms with Gasteiger partial charge in [-0.05, 0) is 6.07 Å².